The number of nitrogens with zero attached hydrogens (tertiary/aromatic N) is 1. The Labute approximate surface area is 163 Å². The average Bonchev–Trinajstić information content (AvgIpc) is 2.60. The van der Waals surface area contributed by atoms with Crippen molar-refractivity contribution in [2.24, 2.45) is 0 Å². The van der Waals surface area contributed by atoms with Crippen LogP contribution in [0.15, 0.2) is 42.5 Å². The summed E-state index contributed by atoms with van der Waals surface area (Å²) in [4.78, 5) is 14.9. The Hall–Kier alpha value is -2.39. The number of nitrogens with one attached hydrogen (secondary N) is 1. The third-order valence-electron chi connectivity index (χ3n) is 5.47. The second-order valence-corrected chi connectivity index (χ2v) is 8.21. The fourth-order valence-corrected chi connectivity index (χ4v) is 4.23. The minimum Gasteiger partial charge on any atom is -0.322 e. The standard InChI is InChI=1S/C24H30N2O/c1-6-19-20-15-26(5)16-24(3,4)21(20)12-13-22(19)25-23(27)14-11-18-10-8-7-9-17(18)2/h7-14H,6,15-16H2,1-5H3,(H,25,27). The van der Waals surface area contributed by atoms with Crippen molar-refractivity contribution in [3.8, 4) is 0 Å². The number of aryl methyl sites for hydroxylation is 1. The molecule has 0 aromatic heterocycles. The Morgan fingerprint density at radius 3 is 2.67 bits per heavy atom. The number of likely N-dealkylation sites (N-methyl/N-ethyl adjacent to an activating group) is 1. The van der Waals surface area contributed by atoms with E-state index in [1.165, 1.54) is 16.7 Å². The highest BCUT2D eigenvalue weighted by atomic mass is 16.1. The molecule has 0 aliphatic carbocycles. The van der Waals surface area contributed by atoms with Crippen molar-refractivity contribution in [2.75, 3.05) is 18.9 Å². The highest BCUT2D eigenvalue weighted by molar-refractivity contribution is 6.02. The van der Waals surface area contributed by atoms with Gasteiger partial charge in [0.2, 0.25) is 5.91 Å². The molecule has 0 saturated heterocycles. The van der Waals surface area contributed by atoms with Crippen molar-refractivity contribution < 1.29 is 4.79 Å². The second-order valence-electron chi connectivity index (χ2n) is 8.21. The molecule has 1 amide bonds. The molecule has 0 spiro atoms. The number of hydrogen-bond donors (Lipinski definition) is 1. The molecule has 0 fully saturated rings. The number of benzene rings is 2. The van der Waals surface area contributed by atoms with Crippen LogP contribution in [-0.2, 0) is 23.2 Å². The summed E-state index contributed by atoms with van der Waals surface area (Å²) < 4.78 is 0. The lowest BCUT2D eigenvalue weighted by molar-refractivity contribution is -0.111. The van der Waals surface area contributed by atoms with Crippen molar-refractivity contribution in [3.63, 3.8) is 0 Å². The van der Waals surface area contributed by atoms with Gasteiger partial charge in [-0.1, -0.05) is 51.1 Å². The highest BCUT2D eigenvalue weighted by Gasteiger charge is 2.32. The number of anilines is 1. The maximum atomic E-state index is 12.5. The molecular weight excluding hydrogens is 332 g/mol. The monoisotopic (exact) mass is 362 g/mol. The molecule has 0 atom stereocenters. The summed E-state index contributed by atoms with van der Waals surface area (Å²) in [6.45, 7) is 10.8. The summed E-state index contributed by atoms with van der Waals surface area (Å²) in [5, 5.41) is 3.10. The number of rotatable bonds is 4. The zero-order valence-corrected chi connectivity index (χ0v) is 17.1. The summed E-state index contributed by atoms with van der Waals surface area (Å²) in [6, 6.07) is 12.3. The number of hydrogen-bond acceptors (Lipinski definition) is 2. The molecule has 1 heterocycles. The maximum Gasteiger partial charge on any atom is 0.248 e. The van der Waals surface area contributed by atoms with Crippen LogP contribution in [0.1, 0.15) is 48.6 Å². The van der Waals surface area contributed by atoms with Crippen molar-refractivity contribution in [1.82, 2.24) is 4.90 Å². The maximum absolute atomic E-state index is 12.5. The lowest BCUT2D eigenvalue weighted by Crippen LogP contribution is -2.40. The summed E-state index contributed by atoms with van der Waals surface area (Å²) in [5.41, 5.74) is 7.32. The topological polar surface area (TPSA) is 32.3 Å². The normalized spacial score (nSPS) is 16.3. The molecule has 1 aliphatic heterocycles. The van der Waals surface area contributed by atoms with E-state index in [1.54, 1.807) is 6.08 Å². The lowest BCUT2D eigenvalue weighted by Gasteiger charge is -2.39. The van der Waals surface area contributed by atoms with Crippen LogP contribution in [0.4, 0.5) is 5.69 Å². The largest absolute Gasteiger partial charge is 0.322 e. The predicted molar refractivity (Wildman–Crippen MR) is 114 cm³/mol. The van der Waals surface area contributed by atoms with Crippen LogP contribution in [0.3, 0.4) is 0 Å². The molecule has 1 aliphatic rings. The lowest BCUT2D eigenvalue weighted by atomic mass is 9.76. The van der Waals surface area contributed by atoms with E-state index in [9.17, 15) is 4.79 Å². The van der Waals surface area contributed by atoms with Crippen LogP contribution in [0, 0.1) is 6.92 Å². The smallest absolute Gasteiger partial charge is 0.248 e. The van der Waals surface area contributed by atoms with E-state index in [1.807, 2.05) is 24.3 Å². The van der Waals surface area contributed by atoms with Gasteiger partial charge in [0.05, 0.1) is 0 Å². The fourth-order valence-electron chi connectivity index (χ4n) is 4.23. The van der Waals surface area contributed by atoms with Gasteiger partial charge in [0.15, 0.2) is 0 Å². The van der Waals surface area contributed by atoms with Gasteiger partial charge in [0.25, 0.3) is 0 Å². The van der Waals surface area contributed by atoms with Crippen LogP contribution in [0.2, 0.25) is 0 Å². The summed E-state index contributed by atoms with van der Waals surface area (Å²) in [7, 11) is 2.17. The van der Waals surface area contributed by atoms with Crippen molar-refractivity contribution >= 4 is 17.7 Å². The third-order valence-corrected chi connectivity index (χ3v) is 5.47. The Morgan fingerprint density at radius 1 is 1.22 bits per heavy atom. The summed E-state index contributed by atoms with van der Waals surface area (Å²) >= 11 is 0. The van der Waals surface area contributed by atoms with E-state index in [0.29, 0.717) is 0 Å². The first-order valence-electron chi connectivity index (χ1n) is 9.70. The second kappa shape index (κ2) is 7.69. The molecule has 0 unspecified atom stereocenters. The molecule has 0 radical (unpaired) electrons. The third kappa shape index (κ3) is 4.14. The number of carbonyl (C=O) groups is 1. The molecule has 142 valence electrons. The molecule has 0 bridgehead atoms. The van der Waals surface area contributed by atoms with E-state index in [4.69, 9.17) is 0 Å². The SMILES string of the molecule is CCc1c(NC(=O)C=Cc2ccccc2C)ccc2c1CN(C)CC2(C)C. The molecule has 27 heavy (non-hydrogen) atoms. The van der Waals surface area contributed by atoms with Crippen LogP contribution in [-0.4, -0.2) is 24.4 Å². The number of amides is 1. The number of fused-ring (bicyclic) bond motifs is 1. The van der Waals surface area contributed by atoms with Gasteiger partial charge in [-0.05, 0) is 60.4 Å². The Morgan fingerprint density at radius 2 is 1.96 bits per heavy atom. The zero-order valence-electron chi connectivity index (χ0n) is 17.1. The molecule has 1 N–H and O–H groups in total. The first kappa shape index (κ1) is 19.4. The predicted octanol–water partition coefficient (Wildman–Crippen LogP) is 4.93. The van der Waals surface area contributed by atoms with E-state index in [-0.39, 0.29) is 11.3 Å². The average molecular weight is 363 g/mol. The van der Waals surface area contributed by atoms with Crippen molar-refractivity contribution in [2.45, 2.75) is 46.1 Å². The summed E-state index contributed by atoms with van der Waals surface area (Å²) in [6.07, 6.45) is 4.41. The van der Waals surface area contributed by atoms with Gasteiger partial charge < -0.3 is 10.2 Å². The van der Waals surface area contributed by atoms with Crippen LogP contribution in [0.5, 0.6) is 0 Å². The van der Waals surface area contributed by atoms with Crippen LogP contribution < -0.4 is 5.32 Å². The Kier molecular flexibility index (Phi) is 5.52. The van der Waals surface area contributed by atoms with Crippen molar-refractivity contribution in [3.05, 3.63) is 70.3 Å². The first-order chi connectivity index (χ1) is 12.8. The van der Waals surface area contributed by atoms with E-state index < -0.39 is 0 Å². The molecule has 3 heteroatoms. The minimum absolute atomic E-state index is 0.0867. The molecule has 2 aromatic rings. The molecule has 3 rings (SSSR count). The first-order valence-corrected chi connectivity index (χ1v) is 9.70. The van der Waals surface area contributed by atoms with E-state index in [0.717, 1.165) is 36.3 Å². The van der Waals surface area contributed by atoms with Gasteiger partial charge in [-0.15, -0.1) is 0 Å². The minimum atomic E-state index is -0.0867. The van der Waals surface area contributed by atoms with Gasteiger partial charge in [0.1, 0.15) is 0 Å². The van der Waals surface area contributed by atoms with Gasteiger partial charge in [-0.25, -0.2) is 0 Å². The molecule has 3 nitrogen and oxygen atoms in total. The number of carbonyl (C=O) groups excluding carboxylic acids is 1. The fraction of sp³-hybridized carbons (Fsp3) is 0.375. The van der Waals surface area contributed by atoms with Gasteiger partial charge in [0, 0.05) is 30.3 Å². The van der Waals surface area contributed by atoms with Gasteiger partial charge >= 0.3 is 0 Å². The quantitative estimate of drug-likeness (QED) is 0.782. The molecular formula is C24H30N2O. The highest BCUT2D eigenvalue weighted by Crippen LogP contribution is 2.37. The van der Waals surface area contributed by atoms with Crippen LogP contribution >= 0.6 is 0 Å². The van der Waals surface area contributed by atoms with Crippen LogP contribution in [0.25, 0.3) is 6.08 Å². The van der Waals surface area contributed by atoms with Crippen molar-refractivity contribution in [1.29, 1.82) is 0 Å². The van der Waals surface area contributed by atoms with E-state index >= 15 is 0 Å². The zero-order chi connectivity index (χ0) is 19.6. The van der Waals surface area contributed by atoms with Gasteiger partial charge in [-0.3, -0.25) is 4.79 Å². The molecule has 2 aromatic carbocycles. The Balaban J connectivity index is 1.86. The molecule has 0 saturated carbocycles. The summed E-state index contributed by atoms with van der Waals surface area (Å²) in [5.74, 6) is -0.0867. The van der Waals surface area contributed by atoms with Gasteiger partial charge in [-0.2, -0.15) is 0 Å². The Bertz CT molecular complexity index is 880. The van der Waals surface area contributed by atoms with E-state index in [2.05, 4.69) is 63.2 Å².